The van der Waals surface area contributed by atoms with Gasteiger partial charge in [-0.3, -0.25) is 9.59 Å². The van der Waals surface area contributed by atoms with Crippen molar-refractivity contribution in [3.05, 3.63) is 35.4 Å². The van der Waals surface area contributed by atoms with Gasteiger partial charge in [0.1, 0.15) is 23.2 Å². The van der Waals surface area contributed by atoms with Crippen LogP contribution in [0.2, 0.25) is 0 Å². The lowest BCUT2D eigenvalue weighted by Crippen LogP contribution is -2.43. The molecule has 0 aliphatic rings. The lowest BCUT2D eigenvalue weighted by atomic mass is 10.1. The first-order valence-electron chi connectivity index (χ1n) is 5.09. The van der Waals surface area contributed by atoms with E-state index in [1.54, 1.807) is 0 Å². The van der Waals surface area contributed by atoms with Crippen LogP contribution in [0.3, 0.4) is 0 Å². The van der Waals surface area contributed by atoms with Crippen LogP contribution in [0, 0.1) is 11.6 Å². The summed E-state index contributed by atoms with van der Waals surface area (Å²) in [6.45, 7) is 0. The number of nitrogens with one attached hydrogen (secondary N) is 1. The Bertz CT molecular complexity index is 513. The Morgan fingerprint density at radius 2 is 1.79 bits per heavy atom. The van der Waals surface area contributed by atoms with Gasteiger partial charge in [-0.15, -0.1) is 0 Å². The van der Waals surface area contributed by atoms with Gasteiger partial charge in [0.25, 0.3) is 5.91 Å². The monoisotopic (exact) mass is 272 g/mol. The average Bonchev–Trinajstić information content (AvgIpc) is 2.27. The summed E-state index contributed by atoms with van der Waals surface area (Å²) in [4.78, 5) is 33.0. The van der Waals surface area contributed by atoms with E-state index in [4.69, 9.17) is 10.8 Å². The first kappa shape index (κ1) is 14.6. The second-order valence-corrected chi connectivity index (χ2v) is 3.63. The molecule has 0 unspecified atom stereocenters. The van der Waals surface area contributed by atoms with Gasteiger partial charge in [-0.05, 0) is 12.1 Å². The number of carboxylic acid groups (broad SMARTS) is 1. The molecule has 0 spiro atoms. The van der Waals surface area contributed by atoms with Crippen molar-refractivity contribution >= 4 is 17.8 Å². The van der Waals surface area contributed by atoms with E-state index in [-0.39, 0.29) is 0 Å². The molecule has 0 radical (unpaired) electrons. The zero-order valence-electron chi connectivity index (χ0n) is 9.52. The minimum absolute atomic E-state index is 0.683. The maximum atomic E-state index is 13.3. The third kappa shape index (κ3) is 3.73. The normalized spacial score (nSPS) is 11.7. The first-order valence-corrected chi connectivity index (χ1v) is 5.09. The molecule has 19 heavy (non-hydrogen) atoms. The Morgan fingerprint density at radius 1 is 1.26 bits per heavy atom. The smallest absolute Gasteiger partial charge is 0.326 e. The van der Waals surface area contributed by atoms with Crippen LogP contribution in [-0.4, -0.2) is 28.9 Å². The molecule has 0 bridgehead atoms. The molecule has 102 valence electrons. The molecular formula is C11H10F2N2O4. The molecule has 1 aromatic rings. The Morgan fingerprint density at radius 3 is 2.21 bits per heavy atom. The minimum atomic E-state index is -1.65. The number of carbonyl (C=O) groups excluding carboxylic acids is 2. The summed E-state index contributed by atoms with van der Waals surface area (Å²) in [5, 5.41) is 10.6. The van der Waals surface area contributed by atoms with Crippen LogP contribution in [0.25, 0.3) is 0 Å². The molecular weight excluding hydrogens is 262 g/mol. The number of amides is 2. The number of carboxylic acids is 1. The Kier molecular flexibility index (Phi) is 4.51. The van der Waals surface area contributed by atoms with Crippen molar-refractivity contribution in [1.82, 2.24) is 5.32 Å². The number of rotatable bonds is 5. The fourth-order valence-corrected chi connectivity index (χ4v) is 1.35. The maximum absolute atomic E-state index is 13.3. The summed E-state index contributed by atoms with van der Waals surface area (Å²) >= 11 is 0. The Hall–Kier alpha value is -2.51. The van der Waals surface area contributed by atoms with Crippen molar-refractivity contribution in [1.29, 1.82) is 0 Å². The maximum Gasteiger partial charge on any atom is 0.326 e. The number of carbonyl (C=O) groups is 3. The number of halogens is 2. The predicted octanol–water partition coefficient (Wildman–Crippen LogP) is 0.0232. The summed E-state index contributed by atoms with van der Waals surface area (Å²) < 4.78 is 26.6. The summed E-state index contributed by atoms with van der Waals surface area (Å²) in [7, 11) is 0. The third-order valence-corrected chi connectivity index (χ3v) is 2.20. The van der Waals surface area contributed by atoms with E-state index in [0.29, 0.717) is 0 Å². The topological polar surface area (TPSA) is 109 Å². The molecule has 0 fully saturated rings. The van der Waals surface area contributed by atoms with Gasteiger partial charge in [0, 0.05) is 0 Å². The van der Waals surface area contributed by atoms with E-state index in [0.717, 1.165) is 18.2 Å². The molecule has 0 aliphatic heterocycles. The molecule has 2 amide bonds. The van der Waals surface area contributed by atoms with Crippen molar-refractivity contribution < 1.29 is 28.3 Å². The lowest BCUT2D eigenvalue weighted by Gasteiger charge is -2.13. The number of hydrogen-bond acceptors (Lipinski definition) is 3. The van der Waals surface area contributed by atoms with Gasteiger partial charge in [-0.25, -0.2) is 13.6 Å². The van der Waals surface area contributed by atoms with E-state index >= 15 is 0 Å². The van der Waals surface area contributed by atoms with Crippen LogP contribution in [-0.2, 0) is 9.59 Å². The van der Waals surface area contributed by atoms with Crippen molar-refractivity contribution in [3.63, 3.8) is 0 Å². The SMILES string of the molecule is NC(=O)C[C@@H](NC(=O)c1c(F)cccc1F)C(=O)O. The fraction of sp³-hybridized carbons (Fsp3) is 0.182. The van der Waals surface area contributed by atoms with Crippen molar-refractivity contribution in [2.45, 2.75) is 12.5 Å². The highest BCUT2D eigenvalue weighted by atomic mass is 19.1. The van der Waals surface area contributed by atoms with Crippen molar-refractivity contribution in [3.8, 4) is 0 Å². The largest absolute Gasteiger partial charge is 0.480 e. The Balaban J connectivity index is 2.94. The third-order valence-electron chi connectivity index (χ3n) is 2.20. The Labute approximate surface area is 106 Å². The first-order chi connectivity index (χ1) is 8.82. The van der Waals surface area contributed by atoms with Crippen molar-refractivity contribution in [2.75, 3.05) is 0 Å². The predicted molar refractivity (Wildman–Crippen MR) is 59.1 cm³/mol. The van der Waals surface area contributed by atoms with E-state index in [9.17, 15) is 23.2 Å². The molecule has 0 saturated carbocycles. The molecule has 1 rings (SSSR count). The molecule has 0 saturated heterocycles. The quantitative estimate of drug-likeness (QED) is 0.702. The van der Waals surface area contributed by atoms with Gasteiger partial charge in [-0.2, -0.15) is 0 Å². The van der Waals surface area contributed by atoms with Gasteiger partial charge in [-0.1, -0.05) is 6.07 Å². The van der Waals surface area contributed by atoms with Crippen molar-refractivity contribution in [2.24, 2.45) is 5.73 Å². The molecule has 1 aromatic carbocycles. The second kappa shape index (κ2) is 5.89. The number of primary amides is 1. The second-order valence-electron chi connectivity index (χ2n) is 3.63. The van der Waals surface area contributed by atoms with Gasteiger partial charge in [0.05, 0.1) is 6.42 Å². The van der Waals surface area contributed by atoms with Gasteiger partial charge in [0.2, 0.25) is 5.91 Å². The standard InChI is InChI=1S/C11H10F2N2O4/c12-5-2-1-3-6(13)9(5)10(17)15-7(11(18)19)4-8(14)16/h1-3,7H,4H2,(H2,14,16)(H,15,17)(H,18,19)/t7-/m1/s1. The molecule has 0 aromatic heterocycles. The van der Waals surface area contributed by atoms with E-state index in [2.05, 4.69) is 0 Å². The van der Waals surface area contributed by atoms with Crippen LogP contribution in [0.1, 0.15) is 16.8 Å². The summed E-state index contributed by atoms with van der Waals surface area (Å²) in [6, 6.07) is 1.10. The van der Waals surface area contributed by atoms with E-state index in [1.807, 2.05) is 5.32 Å². The summed E-state index contributed by atoms with van der Waals surface area (Å²) in [6.07, 6.45) is -0.683. The number of nitrogens with two attached hydrogens (primary N) is 1. The van der Waals surface area contributed by atoms with Crippen LogP contribution in [0.4, 0.5) is 8.78 Å². The lowest BCUT2D eigenvalue weighted by molar-refractivity contribution is -0.140. The molecule has 4 N–H and O–H groups in total. The number of aliphatic carboxylic acids is 1. The van der Waals surface area contributed by atoms with E-state index in [1.165, 1.54) is 0 Å². The molecule has 0 heterocycles. The van der Waals surface area contributed by atoms with E-state index < -0.39 is 47.4 Å². The highest BCUT2D eigenvalue weighted by Crippen LogP contribution is 2.12. The number of hydrogen-bond donors (Lipinski definition) is 3. The van der Waals surface area contributed by atoms with Gasteiger partial charge >= 0.3 is 5.97 Å². The molecule has 1 atom stereocenters. The van der Waals surface area contributed by atoms with Crippen LogP contribution in [0.5, 0.6) is 0 Å². The molecule has 6 nitrogen and oxygen atoms in total. The molecule has 8 heteroatoms. The fourth-order valence-electron chi connectivity index (χ4n) is 1.35. The van der Waals surface area contributed by atoms with Crippen LogP contribution >= 0.6 is 0 Å². The molecule has 0 aliphatic carbocycles. The van der Waals surface area contributed by atoms with Crippen LogP contribution < -0.4 is 11.1 Å². The highest BCUT2D eigenvalue weighted by molar-refractivity contribution is 5.98. The zero-order chi connectivity index (χ0) is 14.6. The summed E-state index contributed by atoms with van der Waals surface area (Å²) in [5.74, 6) is -6.06. The highest BCUT2D eigenvalue weighted by Gasteiger charge is 2.25. The van der Waals surface area contributed by atoms with Crippen LogP contribution in [0.15, 0.2) is 18.2 Å². The zero-order valence-corrected chi connectivity index (χ0v) is 9.52. The minimum Gasteiger partial charge on any atom is -0.480 e. The summed E-state index contributed by atoms with van der Waals surface area (Å²) in [5.41, 5.74) is 3.89. The average molecular weight is 272 g/mol. The van der Waals surface area contributed by atoms with Gasteiger partial charge < -0.3 is 16.2 Å². The number of benzene rings is 1. The van der Waals surface area contributed by atoms with Gasteiger partial charge in [0.15, 0.2) is 0 Å².